The van der Waals surface area contributed by atoms with E-state index < -0.39 is 0 Å². The highest BCUT2D eigenvalue weighted by Gasteiger charge is 2.10. The second kappa shape index (κ2) is 8.08. The highest BCUT2D eigenvalue weighted by molar-refractivity contribution is 5.94. The third-order valence-corrected chi connectivity index (χ3v) is 3.51. The lowest BCUT2D eigenvalue weighted by molar-refractivity contribution is 0.0953. The molecule has 5 heteroatoms. The fourth-order valence-corrected chi connectivity index (χ4v) is 2.24. The minimum Gasteiger partial charge on any atom is -0.508 e. The number of nitrogens with one attached hydrogen (secondary N) is 1. The molecular weight excluding hydrogens is 294 g/mol. The van der Waals surface area contributed by atoms with Gasteiger partial charge in [0.25, 0.3) is 5.91 Å². The Kier molecular flexibility index (Phi) is 5.86. The van der Waals surface area contributed by atoms with Gasteiger partial charge < -0.3 is 19.9 Å². The summed E-state index contributed by atoms with van der Waals surface area (Å²) in [6.45, 7) is 0.577. The van der Waals surface area contributed by atoms with Gasteiger partial charge in [0.1, 0.15) is 5.75 Å². The maximum absolute atomic E-state index is 12.1. The predicted molar refractivity (Wildman–Crippen MR) is 88.3 cm³/mol. The monoisotopic (exact) mass is 315 g/mol. The van der Waals surface area contributed by atoms with E-state index in [-0.39, 0.29) is 11.7 Å². The molecule has 0 saturated heterocycles. The molecule has 1 amide bonds. The standard InChI is InChI=1S/C18H21NO4/c1-22-16-10-7-14(12-17(16)23-2)18(21)19-11-3-4-13-5-8-15(20)9-6-13/h5-10,12,20H,3-4,11H2,1-2H3,(H,19,21). The Labute approximate surface area is 135 Å². The van der Waals surface area contributed by atoms with Crippen LogP contribution in [-0.4, -0.2) is 31.8 Å². The molecular formula is C18H21NO4. The van der Waals surface area contributed by atoms with Gasteiger partial charge in [0.2, 0.25) is 0 Å². The summed E-state index contributed by atoms with van der Waals surface area (Å²) >= 11 is 0. The number of aryl methyl sites for hydroxylation is 1. The lowest BCUT2D eigenvalue weighted by Crippen LogP contribution is -2.24. The largest absolute Gasteiger partial charge is 0.508 e. The molecule has 0 aliphatic carbocycles. The molecule has 0 aliphatic heterocycles. The molecule has 2 aromatic carbocycles. The second-order valence-electron chi connectivity index (χ2n) is 5.10. The number of methoxy groups -OCH3 is 2. The molecule has 0 bridgehead atoms. The highest BCUT2D eigenvalue weighted by Crippen LogP contribution is 2.27. The van der Waals surface area contributed by atoms with Gasteiger partial charge in [-0.15, -0.1) is 0 Å². The van der Waals surface area contributed by atoms with Crippen LogP contribution in [0.4, 0.5) is 0 Å². The predicted octanol–water partition coefficient (Wildman–Crippen LogP) is 2.77. The molecule has 2 aromatic rings. The Balaban J connectivity index is 1.83. The van der Waals surface area contributed by atoms with E-state index in [2.05, 4.69) is 5.32 Å². The molecule has 23 heavy (non-hydrogen) atoms. The van der Waals surface area contributed by atoms with Gasteiger partial charge in [-0.2, -0.15) is 0 Å². The van der Waals surface area contributed by atoms with Gasteiger partial charge in [0, 0.05) is 12.1 Å². The molecule has 0 radical (unpaired) electrons. The van der Waals surface area contributed by atoms with Crippen LogP contribution in [0.25, 0.3) is 0 Å². The number of amides is 1. The van der Waals surface area contributed by atoms with Crippen LogP contribution in [0.15, 0.2) is 42.5 Å². The van der Waals surface area contributed by atoms with Crippen LogP contribution in [0.2, 0.25) is 0 Å². The minimum atomic E-state index is -0.142. The first-order valence-electron chi connectivity index (χ1n) is 7.42. The number of phenols is 1. The lowest BCUT2D eigenvalue weighted by atomic mass is 10.1. The van der Waals surface area contributed by atoms with Crippen molar-refractivity contribution < 1.29 is 19.4 Å². The number of carbonyl (C=O) groups excluding carboxylic acids is 1. The summed E-state index contributed by atoms with van der Waals surface area (Å²) in [5, 5.41) is 12.1. The summed E-state index contributed by atoms with van der Waals surface area (Å²) in [7, 11) is 3.10. The van der Waals surface area contributed by atoms with Crippen molar-refractivity contribution in [2.24, 2.45) is 0 Å². The molecule has 5 nitrogen and oxygen atoms in total. The van der Waals surface area contributed by atoms with E-state index in [1.807, 2.05) is 12.1 Å². The first-order chi connectivity index (χ1) is 11.1. The van der Waals surface area contributed by atoms with Crippen LogP contribution < -0.4 is 14.8 Å². The Bertz CT molecular complexity index is 653. The molecule has 0 spiro atoms. The van der Waals surface area contributed by atoms with E-state index >= 15 is 0 Å². The molecule has 0 fully saturated rings. The lowest BCUT2D eigenvalue weighted by Gasteiger charge is -2.10. The van der Waals surface area contributed by atoms with Gasteiger partial charge in [-0.25, -0.2) is 0 Å². The summed E-state index contributed by atoms with van der Waals surface area (Å²) in [5.74, 6) is 1.24. The van der Waals surface area contributed by atoms with Crippen LogP contribution in [0, 0.1) is 0 Å². The number of rotatable bonds is 7. The first kappa shape index (κ1) is 16.7. The Hall–Kier alpha value is -2.69. The molecule has 0 atom stereocenters. The van der Waals surface area contributed by atoms with Crippen LogP contribution in [0.5, 0.6) is 17.2 Å². The van der Waals surface area contributed by atoms with Crippen LogP contribution >= 0.6 is 0 Å². The number of benzene rings is 2. The molecule has 0 aliphatic rings. The van der Waals surface area contributed by atoms with Crippen molar-refractivity contribution in [3.8, 4) is 17.2 Å². The SMILES string of the molecule is COc1ccc(C(=O)NCCCc2ccc(O)cc2)cc1OC. The molecule has 0 heterocycles. The van der Waals surface area contributed by atoms with Crippen LogP contribution in [0.1, 0.15) is 22.3 Å². The average Bonchev–Trinajstić information content (AvgIpc) is 2.59. The Morgan fingerprint density at radius 1 is 1.04 bits per heavy atom. The number of aromatic hydroxyl groups is 1. The maximum Gasteiger partial charge on any atom is 0.251 e. The van der Waals surface area contributed by atoms with Gasteiger partial charge in [-0.05, 0) is 48.7 Å². The van der Waals surface area contributed by atoms with E-state index in [1.165, 1.54) is 7.11 Å². The van der Waals surface area contributed by atoms with E-state index in [0.717, 1.165) is 18.4 Å². The summed E-state index contributed by atoms with van der Waals surface area (Å²) in [4.78, 5) is 12.1. The van der Waals surface area contributed by atoms with E-state index in [0.29, 0.717) is 23.6 Å². The average molecular weight is 315 g/mol. The van der Waals surface area contributed by atoms with Gasteiger partial charge in [-0.1, -0.05) is 12.1 Å². The minimum absolute atomic E-state index is 0.142. The zero-order valence-corrected chi connectivity index (χ0v) is 13.3. The molecule has 122 valence electrons. The summed E-state index contributed by atoms with van der Waals surface area (Å²) < 4.78 is 10.3. The molecule has 0 unspecified atom stereocenters. The molecule has 2 rings (SSSR count). The van der Waals surface area contributed by atoms with Crippen molar-refractivity contribution in [3.63, 3.8) is 0 Å². The first-order valence-corrected chi connectivity index (χ1v) is 7.42. The summed E-state index contributed by atoms with van der Waals surface area (Å²) in [5.41, 5.74) is 1.66. The Morgan fingerprint density at radius 3 is 2.39 bits per heavy atom. The summed E-state index contributed by atoms with van der Waals surface area (Å²) in [6, 6.07) is 12.2. The van der Waals surface area contributed by atoms with E-state index in [1.54, 1.807) is 37.4 Å². The van der Waals surface area contributed by atoms with Crippen molar-refractivity contribution in [3.05, 3.63) is 53.6 Å². The van der Waals surface area contributed by atoms with Gasteiger partial charge >= 0.3 is 0 Å². The summed E-state index contributed by atoms with van der Waals surface area (Å²) in [6.07, 6.45) is 1.66. The van der Waals surface area contributed by atoms with Gasteiger partial charge in [0.05, 0.1) is 14.2 Å². The van der Waals surface area contributed by atoms with Crippen molar-refractivity contribution in [1.29, 1.82) is 0 Å². The van der Waals surface area contributed by atoms with Crippen molar-refractivity contribution in [2.45, 2.75) is 12.8 Å². The molecule has 0 aromatic heterocycles. The fraction of sp³-hybridized carbons (Fsp3) is 0.278. The molecule has 0 saturated carbocycles. The Morgan fingerprint density at radius 2 is 1.74 bits per heavy atom. The zero-order valence-electron chi connectivity index (χ0n) is 13.3. The topological polar surface area (TPSA) is 67.8 Å². The second-order valence-corrected chi connectivity index (χ2v) is 5.10. The number of hydrogen-bond donors (Lipinski definition) is 2. The third kappa shape index (κ3) is 4.64. The number of carbonyl (C=O) groups is 1. The smallest absolute Gasteiger partial charge is 0.251 e. The third-order valence-electron chi connectivity index (χ3n) is 3.51. The van der Waals surface area contributed by atoms with E-state index in [4.69, 9.17) is 9.47 Å². The van der Waals surface area contributed by atoms with Gasteiger partial charge in [-0.3, -0.25) is 4.79 Å². The van der Waals surface area contributed by atoms with Crippen molar-refractivity contribution in [1.82, 2.24) is 5.32 Å². The zero-order chi connectivity index (χ0) is 16.7. The van der Waals surface area contributed by atoms with Crippen molar-refractivity contribution >= 4 is 5.91 Å². The maximum atomic E-state index is 12.1. The fourth-order valence-electron chi connectivity index (χ4n) is 2.24. The van der Waals surface area contributed by atoms with E-state index in [9.17, 15) is 9.90 Å². The van der Waals surface area contributed by atoms with Gasteiger partial charge in [0.15, 0.2) is 11.5 Å². The number of ether oxygens (including phenoxy) is 2. The highest BCUT2D eigenvalue weighted by atomic mass is 16.5. The number of phenolic OH excluding ortho intramolecular Hbond substituents is 1. The van der Waals surface area contributed by atoms with Crippen LogP contribution in [-0.2, 0) is 6.42 Å². The number of hydrogen-bond acceptors (Lipinski definition) is 4. The quantitative estimate of drug-likeness (QED) is 0.771. The van der Waals surface area contributed by atoms with Crippen LogP contribution in [0.3, 0.4) is 0 Å². The molecule has 2 N–H and O–H groups in total. The van der Waals surface area contributed by atoms with Crippen molar-refractivity contribution in [2.75, 3.05) is 20.8 Å². The normalized spacial score (nSPS) is 10.2.